The number of hydrogen-bond donors (Lipinski definition) is 1. The summed E-state index contributed by atoms with van der Waals surface area (Å²) in [6.45, 7) is 3.95. The highest BCUT2D eigenvalue weighted by atomic mass is 32.1. The van der Waals surface area contributed by atoms with E-state index in [1.165, 1.54) is 4.88 Å². The minimum absolute atomic E-state index is 0.183. The Balaban J connectivity index is 1.53. The smallest absolute Gasteiger partial charge is 0.407 e. The third-order valence-electron chi connectivity index (χ3n) is 4.53. The maximum Gasteiger partial charge on any atom is 0.407 e. The van der Waals surface area contributed by atoms with Gasteiger partial charge in [0.2, 0.25) is 5.91 Å². The summed E-state index contributed by atoms with van der Waals surface area (Å²) in [5, 5.41) is 2.73. The van der Waals surface area contributed by atoms with E-state index in [2.05, 4.69) is 10.3 Å². The number of carbonyl (C=O) groups is 2. The second-order valence-corrected chi connectivity index (χ2v) is 6.96. The van der Waals surface area contributed by atoms with Crippen LogP contribution in [0.5, 0.6) is 0 Å². The molecule has 3 rings (SSSR count). The molecule has 1 spiro atoms. The van der Waals surface area contributed by atoms with Gasteiger partial charge in [0.1, 0.15) is 5.60 Å². The van der Waals surface area contributed by atoms with Crippen molar-refractivity contribution >= 4 is 23.3 Å². The lowest BCUT2D eigenvalue weighted by atomic mass is 9.95. The second kappa shape index (κ2) is 6.24. The van der Waals surface area contributed by atoms with Gasteiger partial charge in [0.05, 0.1) is 17.7 Å². The number of ether oxygens (including phenoxy) is 1. The van der Waals surface area contributed by atoms with Gasteiger partial charge in [-0.15, -0.1) is 11.3 Å². The number of hydrogen-bond acceptors (Lipinski definition) is 5. The van der Waals surface area contributed by atoms with Gasteiger partial charge in [-0.1, -0.05) is 0 Å². The number of alkyl carbamates (subject to hydrolysis) is 1. The quantitative estimate of drug-likeness (QED) is 0.922. The molecule has 2 saturated heterocycles. The fraction of sp³-hybridized carbons (Fsp3) is 0.667. The third-order valence-corrected chi connectivity index (χ3v) is 5.52. The van der Waals surface area contributed by atoms with Crippen LogP contribution in [0.3, 0.4) is 0 Å². The minimum atomic E-state index is -0.402. The van der Waals surface area contributed by atoms with Crippen LogP contribution in [0.25, 0.3) is 0 Å². The first kappa shape index (κ1) is 15.3. The van der Waals surface area contributed by atoms with Crippen LogP contribution in [-0.2, 0) is 16.0 Å². The Morgan fingerprint density at radius 3 is 3.05 bits per heavy atom. The topological polar surface area (TPSA) is 71.5 Å². The first-order valence-electron chi connectivity index (χ1n) is 7.72. The summed E-state index contributed by atoms with van der Waals surface area (Å²) in [5.74, 6) is 0.183. The maximum absolute atomic E-state index is 12.4. The predicted molar refractivity (Wildman–Crippen MR) is 82.8 cm³/mol. The van der Waals surface area contributed by atoms with Crippen LogP contribution in [0.1, 0.15) is 36.3 Å². The lowest BCUT2D eigenvalue weighted by molar-refractivity contribution is -0.131. The number of nitrogens with zero attached hydrogens (tertiary/aromatic N) is 2. The fourth-order valence-electron chi connectivity index (χ4n) is 3.14. The molecule has 22 heavy (non-hydrogen) atoms. The Morgan fingerprint density at radius 2 is 2.36 bits per heavy atom. The molecule has 7 heteroatoms. The lowest BCUT2D eigenvalue weighted by Crippen LogP contribution is -2.36. The molecular formula is C15H21N3O3S. The van der Waals surface area contributed by atoms with Crippen LogP contribution < -0.4 is 5.32 Å². The lowest BCUT2D eigenvalue weighted by Gasteiger charge is -2.25. The summed E-state index contributed by atoms with van der Waals surface area (Å²) in [5.41, 5.74) is 2.45. The van der Waals surface area contributed by atoms with Gasteiger partial charge in [-0.3, -0.25) is 4.79 Å². The molecule has 0 bridgehead atoms. The zero-order valence-corrected chi connectivity index (χ0v) is 13.6. The van der Waals surface area contributed by atoms with E-state index in [0.717, 1.165) is 37.9 Å². The number of amides is 2. The largest absolute Gasteiger partial charge is 0.441 e. The highest BCUT2D eigenvalue weighted by Crippen LogP contribution is 2.29. The number of rotatable bonds is 3. The van der Waals surface area contributed by atoms with Crippen LogP contribution in [0.2, 0.25) is 0 Å². The van der Waals surface area contributed by atoms with Crippen molar-refractivity contribution in [3.8, 4) is 0 Å². The molecule has 6 nitrogen and oxygen atoms in total. The van der Waals surface area contributed by atoms with Crippen LogP contribution in [0.15, 0.2) is 5.51 Å². The first-order valence-corrected chi connectivity index (χ1v) is 8.60. The van der Waals surface area contributed by atoms with Crippen molar-refractivity contribution in [3.05, 3.63) is 16.1 Å². The van der Waals surface area contributed by atoms with Crippen molar-refractivity contribution in [2.75, 3.05) is 19.6 Å². The molecular weight excluding hydrogens is 302 g/mol. The van der Waals surface area contributed by atoms with E-state index >= 15 is 0 Å². The van der Waals surface area contributed by atoms with Gasteiger partial charge < -0.3 is 15.0 Å². The highest BCUT2D eigenvalue weighted by Gasteiger charge is 2.41. The van der Waals surface area contributed by atoms with E-state index in [0.29, 0.717) is 19.5 Å². The monoisotopic (exact) mass is 323 g/mol. The number of likely N-dealkylation sites (tertiary alicyclic amines) is 1. The zero-order valence-electron chi connectivity index (χ0n) is 12.8. The van der Waals surface area contributed by atoms with Crippen molar-refractivity contribution in [3.63, 3.8) is 0 Å². The zero-order chi connectivity index (χ0) is 15.6. The molecule has 1 N–H and O–H groups in total. The van der Waals surface area contributed by atoms with Crippen LogP contribution in [0, 0.1) is 6.92 Å². The highest BCUT2D eigenvalue weighted by molar-refractivity contribution is 7.09. The van der Waals surface area contributed by atoms with E-state index in [9.17, 15) is 9.59 Å². The normalized spacial score (nSPS) is 25.0. The third kappa shape index (κ3) is 3.24. The van der Waals surface area contributed by atoms with Crippen molar-refractivity contribution in [2.24, 2.45) is 0 Å². The van der Waals surface area contributed by atoms with Crippen LogP contribution in [0.4, 0.5) is 4.79 Å². The average Bonchev–Trinajstić information content (AvgIpc) is 2.99. The molecule has 2 fully saturated rings. The molecule has 3 heterocycles. The Labute approximate surface area is 133 Å². The minimum Gasteiger partial charge on any atom is -0.441 e. The first-order chi connectivity index (χ1) is 10.6. The molecule has 120 valence electrons. The summed E-state index contributed by atoms with van der Waals surface area (Å²) in [6, 6.07) is 0. The van der Waals surface area contributed by atoms with E-state index in [1.54, 1.807) is 11.3 Å². The Bertz CT molecular complexity index is 574. The van der Waals surface area contributed by atoms with Gasteiger partial charge in [0.15, 0.2) is 0 Å². The maximum atomic E-state index is 12.4. The van der Waals surface area contributed by atoms with E-state index in [1.807, 2.05) is 17.3 Å². The molecule has 1 atom stereocenters. The van der Waals surface area contributed by atoms with Crippen molar-refractivity contribution in [2.45, 2.75) is 44.6 Å². The van der Waals surface area contributed by atoms with Gasteiger partial charge in [0.25, 0.3) is 0 Å². The number of aromatic nitrogens is 1. The molecule has 0 aromatic carbocycles. The van der Waals surface area contributed by atoms with Gasteiger partial charge in [-0.2, -0.15) is 0 Å². The van der Waals surface area contributed by atoms with Crippen molar-refractivity contribution < 1.29 is 14.3 Å². The predicted octanol–water partition coefficient (Wildman–Crippen LogP) is 1.88. The van der Waals surface area contributed by atoms with E-state index in [-0.39, 0.29) is 12.0 Å². The summed E-state index contributed by atoms with van der Waals surface area (Å²) in [7, 11) is 0. The molecule has 2 amide bonds. The van der Waals surface area contributed by atoms with E-state index in [4.69, 9.17) is 4.74 Å². The number of carbonyl (C=O) groups excluding carboxylic acids is 2. The van der Waals surface area contributed by atoms with E-state index < -0.39 is 5.60 Å². The number of nitrogens with one attached hydrogen (secondary N) is 1. The Morgan fingerprint density at radius 1 is 1.50 bits per heavy atom. The summed E-state index contributed by atoms with van der Waals surface area (Å²) >= 11 is 1.61. The van der Waals surface area contributed by atoms with Crippen LogP contribution in [-0.4, -0.2) is 47.1 Å². The molecule has 0 aliphatic carbocycles. The Kier molecular flexibility index (Phi) is 4.33. The molecule has 1 aromatic rings. The second-order valence-electron chi connectivity index (χ2n) is 6.02. The van der Waals surface area contributed by atoms with Gasteiger partial charge in [0, 0.05) is 30.8 Å². The summed E-state index contributed by atoms with van der Waals surface area (Å²) in [6.07, 6.45) is 3.36. The molecule has 2 aliphatic rings. The molecule has 2 aliphatic heterocycles. The fourth-order valence-corrected chi connectivity index (χ4v) is 3.92. The standard InChI is InChI=1S/C15H21N3O3S/c1-11-12(22-10-17-11)3-4-13(19)18-7-2-5-15(6-8-18)9-16-14(20)21-15/h10H,2-9H2,1H3,(H,16,20). The SMILES string of the molecule is Cc1ncsc1CCC(=O)N1CCCC2(CC1)CNC(=O)O2. The molecule has 0 radical (unpaired) electrons. The molecule has 1 unspecified atom stereocenters. The van der Waals surface area contributed by atoms with Gasteiger partial charge in [-0.05, 0) is 26.2 Å². The molecule has 0 saturated carbocycles. The molecule has 1 aromatic heterocycles. The Hall–Kier alpha value is -1.63. The van der Waals surface area contributed by atoms with Crippen molar-refractivity contribution in [1.82, 2.24) is 15.2 Å². The number of aryl methyl sites for hydroxylation is 2. The van der Waals surface area contributed by atoms with Gasteiger partial charge in [-0.25, -0.2) is 9.78 Å². The summed E-state index contributed by atoms with van der Waals surface area (Å²) in [4.78, 5) is 31.0. The summed E-state index contributed by atoms with van der Waals surface area (Å²) < 4.78 is 5.44. The van der Waals surface area contributed by atoms with Crippen LogP contribution >= 0.6 is 11.3 Å². The number of thiazole rings is 1. The van der Waals surface area contributed by atoms with Crippen molar-refractivity contribution in [1.29, 1.82) is 0 Å². The average molecular weight is 323 g/mol. The van der Waals surface area contributed by atoms with Gasteiger partial charge >= 0.3 is 6.09 Å².